The first-order chi connectivity index (χ1) is 16.0. The molecule has 2 aromatic heterocycles. The zero-order valence-corrected chi connectivity index (χ0v) is 19.8. The van der Waals surface area contributed by atoms with Gasteiger partial charge in [-0.15, -0.1) is 11.3 Å². The standard InChI is InChI=1S/C26H31N3O3S/c1-28-18-5-6-19(28)12-21(11-18)32-20-9-7-17(8-10-20)29-15-27-23-13-22(33-25(23)26(29)31)14-24(30)16-3-2-4-16/h7-10,13,15-16,18-19,21,24,30H,2-6,11-12,14H2,1H3/t18-,19+,21?,24?. The van der Waals surface area contributed by atoms with Crippen molar-refractivity contribution >= 4 is 21.6 Å². The zero-order valence-electron chi connectivity index (χ0n) is 19.0. The number of piperidine rings is 1. The lowest BCUT2D eigenvalue weighted by atomic mass is 9.80. The van der Waals surface area contributed by atoms with Crippen LogP contribution in [0.15, 0.2) is 41.5 Å². The first-order valence-corrected chi connectivity index (χ1v) is 13.0. The first-order valence-electron chi connectivity index (χ1n) is 12.2. The van der Waals surface area contributed by atoms with Crippen molar-refractivity contribution in [3.8, 4) is 11.4 Å². The predicted octanol–water partition coefficient (Wildman–Crippen LogP) is 4.15. The van der Waals surface area contributed by atoms with Gasteiger partial charge in [0.25, 0.3) is 5.56 Å². The molecule has 0 radical (unpaired) electrons. The van der Waals surface area contributed by atoms with Crippen molar-refractivity contribution in [2.24, 2.45) is 5.92 Å². The molecule has 33 heavy (non-hydrogen) atoms. The predicted molar refractivity (Wildman–Crippen MR) is 130 cm³/mol. The van der Waals surface area contributed by atoms with Gasteiger partial charge in [0, 0.05) is 23.4 Å². The summed E-state index contributed by atoms with van der Waals surface area (Å²) in [5.74, 6) is 1.27. The van der Waals surface area contributed by atoms with E-state index in [4.69, 9.17) is 4.74 Å². The van der Waals surface area contributed by atoms with Crippen molar-refractivity contribution in [3.05, 3.63) is 51.9 Å². The Morgan fingerprint density at radius 2 is 1.88 bits per heavy atom. The van der Waals surface area contributed by atoms with E-state index in [1.54, 1.807) is 10.9 Å². The SMILES string of the molecule is CN1[C@@H]2CC[C@H]1CC(Oc1ccc(-n3cnc4cc(CC(O)C5CCC5)sc4c3=O)cc1)C2. The number of ether oxygens (including phenoxy) is 1. The van der Waals surface area contributed by atoms with Crippen LogP contribution in [0, 0.1) is 5.92 Å². The van der Waals surface area contributed by atoms with Gasteiger partial charge in [0.15, 0.2) is 0 Å². The van der Waals surface area contributed by atoms with Crippen LogP contribution in [0.25, 0.3) is 15.9 Å². The van der Waals surface area contributed by atoms with Crippen molar-refractivity contribution in [2.45, 2.75) is 75.7 Å². The average molecular weight is 466 g/mol. The van der Waals surface area contributed by atoms with Crippen LogP contribution < -0.4 is 10.3 Å². The highest BCUT2D eigenvalue weighted by Gasteiger charge is 2.39. The Balaban J connectivity index is 1.18. The molecule has 0 spiro atoms. The van der Waals surface area contributed by atoms with Crippen LogP contribution in [0.5, 0.6) is 5.75 Å². The van der Waals surface area contributed by atoms with Gasteiger partial charge in [0.2, 0.25) is 0 Å². The van der Waals surface area contributed by atoms with Crippen LogP contribution >= 0.6 is 11.3 Å². The van der Waals surface area contributed by atoms with E-state index >= 15 is 0 Å². The van der Waals surface area contributed by atoms with Crippen LogP contribution in [0.4, 0.5) is 0 Å². The second-order valence-corrected chi connectivity index (χ2v) is 11.2. The molecule has 4 heterocycles. The maximum Gasteiger partial charge on any atom is 0.275 e. The maximum atomic E-state index is 13.2. The number of nitrogens with zero attached hydrogens (tertiary/aromatic N) is 3. The molecule has 6 nitrogen and oxygen atoms in total. The fraction of sp³-hybridized carbons (Fsp3) is 0.538. The van der Waals surface area contributed by atoms with E-state index in [1.807, 2.05) is 30.3 Å². The molecule has 4 atom stereocenters. The lowest BCUT2D eigenvalue weighted by Gasteiger charge is -2.36. The monoisotopic (exact) mass is 465 g/mol. The molecular formula is C26H31N3O3S. The Labute approximate surface area is 197 Å². The number of benzene rings is 1. The van der Waals surface area contributed by atoms with Gasteiger partial charge >= 0.3 is 0 Å². The van der Waals surface area contributed by atoms with Crippen molar-refractivity contribution in [2.75, 3.05) is 7.05 Å². The number of aliphatic hydroxyl groups is 1. The number of hydrogen-bond donors (Lipinski definition) is 1. The minimum atomic E-state index is -0.318. The van der Waals surface area contributed by atoms with E-state index in [0.29, 0.717) is 34.6 Å². The number of hydrogen-bond acceptors (Lipinski definition) is 6. The molecule has 2 aliphatic heterocycles. The largest absolute Gasteiger partial charge is 0.490 e. The lowest BCUT2D eigenvalue weighted by Crippen LogP contribution is -2.43. The number of aromatic nitrogens is 2. The Morgan fingerprint density at radius 3 is 2.55 bits per heavy atom. The summed E-state index contributed by atoms with van der Waals surface area (Å²) in [4.78, 5) is 21.3. The van der Waals surface area contributed by atoms with Gasteiger partial charge in [0.1, 0.15) is 22.9 Å². The van der Waals surface area contributed by atoms with Gasteiger partial charge in [-0.2, -0.15) is 0 Å². The summed E-state index contributed by atoms with van der Waals surface area (Å²) in [6.45, 7) is 0. The van der Waals surface area contributed by atoms with Crippen LogP contribution in [-0.4, -0.2) is 50.9 Å². The number of rotatable bonds is 6. The van der Waals surface area contributed by atoms with E-state index in [2.05, 4.69) is 16.9 Å². The molecule has 174 valence electrons. The number of thiophene rings is 1. The molecule has 3 aromatic rings. The third-order valence-corrected chi connectivity index (χ3v) is 9.20. The highest BCUT2D eigenvalue weighted by atomic mass is 32.1. The van der Waals surface area contributed by atoms with Crippen molar-refractivity contribution in [3.63, 3.8) is 0 Å². The van der Waals surface area contributed by atoms with E-state index in [0.717, 1.165) is 42.0 Å². The Bertz CT molecular complexity index is 1190. The molecule has 3 fully saturated rings. The molecule has 6 rings (SSSR count). The second-order valence-electron chi connectivity index (χ2n) is 10.1. The summed E-state index contributed by atoms with van der Waals surface area (Å²) in [5, 5.41) is 10.4. The average Bonchev–Trinajstić information content (AvgIpc) is 3.24. The summed E-state index contributed by atoms with van der Waals surface area (Å²) in [6.07, 6.45) is 10.3. The third kappa shape index (κ3) is 4.00. The molecule has 0 amide bonds. The smallest absolute Gasteiger partial charge is 0.275 e. The first kappa shape index (κ1) is 21.3. The van der Waals surface area contributed by atoms with E-state index in [1.165, 1.54) is 30.6 Å². The van der Waals surface area contributed by atoms with Crippen LogP contribution in [0.1, 0.15) is 49.8 Å². The molecule has 1 N–H and O–H groups in total. The molecular weight excluding hydrogens is 434 g/mol. The highest BCUT2D eigenvalue weighted by Crippen LogP contribution is 2.36. The molecule has 2 bridgehead atoms. The molecule has 1 saturated carbocycles. The van der Waals surface area contributed by atoms with Crippen molar-refractivity contribution in [1.29, 1.82) is 0 Å². The quantitative estimate of drug-likeness (QED) is 0.592. The van der Waals surface area contributed by atoms with Gasteiger partial charge in [0.05, 0.1) is 17.3 Å². The molecule has 2 saturated heterocycles. The Morgan fingerprint density at radius 1 is 1.15 bits per heavy atom. The molecule has 3 aliphatic rings. The van der Waals surface area contributed by atoms with E-state index < -0.39 is 0 Å². The Kier molecular flexibility index (Phi) is 5.51. The number of fused-ring (bicyclic) bond motifs is 3. The fourth-order valence-corrected chi connectivity index (χ4v) is 6.87. The van der Waals surface area contributed by atoms with Gasteiger partial charge in [-0.1, -0.05) is 6.42 Å². The summed E-state index contributed by atoms with van der Waals surface area (Å²) in [5.41, 5.74) is 1.44. The molecule has 2 unspecified atom stereocenters. The van der Waals surface area contributed by atoms with Gasteiger partial charge in [-0.25, -0.2) is 4.98 Å². The topological polar surface area (TPSA) is 67.6 Å². The summed E-state index contributed by atoms with van der Waals surface area (Å²) >= 11 is 1.46. The molecule has 1 aromatic carbocycles. The van der Waals surface area contributed by atoms with Crippen molar-refractivity contribution in [1.82, 2.24) is 14.5 Å². The summed E-state index contributed by atoms with van der Waals surface area (Å²) in [7, 11) is 2.24. The fourth-order valence-electron chi connectivity index (χ4n) is 5.78. The summed E-state index contributed by atoms with van der Waals surface area (Å²) < 4.78 is 8.55. The van der Waals surface area contributed by atoms with Gasteiger partial charge in [-0.3, -0.25) is 9.36 Å². The van der Waals surface area contributed by atoms with Crippen LogP contribution in [0.2, 0.25) is 0 Å². The third-order valence-electron chi connectivity index (χ3n) is 8.07. The normalized spacial score (nSPS) is 26.4. The van der Waals surface area contributed by atoms with Gasteiger partial charge in [-0.05, 0) is 81.8 Å². The lowest BCUT2D eigenvalue weighted by molar-refractivity contribution is 0.0636. The second kappa shape index (κ2) is 8.53. The minimum absolute atomic E-state index is 0.0602. The van der Waals surface area contributed by atoms with Crippen LogP contribution in [0.3, 0.4) is 0 Å². The minimum Gasteiger partial charge on any atom is -0.490 e. The van der Waals surface area contributed by atoms with Crippen molar-refractivity contribution < 1.29 is 9.84 Å². The van der Waals surface area contributed by atoms with E-state index in [9.17, 15) is 9.90 Å². The molecule has 7 heteroatoms. The summed E-state index contributed by atoms with van der Waals surface area (Å²) in [6, 6.07) is 11.0. The maximum absolute atomic E-state index is 13.2. The van der Waals surface area contributed by atoms with Gasteiger partial charge < -0.3 is 14.7 Å². The van der Waals surface area contributed by atoms with E-state index in [-0.39, 0.29) is 17.8 Å². The number of aliphatic hydroxyl groups excluding tert-OH is 1. The Hall–Kier alpha value is -2.22. The highest BCUT2D eigenvalue weighted by molar-refractivity contribution is 7.18. The molecule has 1 aliphatic carbocycles. The van der Waals surface area contributed by atoms with Crippen LogP contribution in [-0.2, 0) is 6.42 Å². The zero-order chi connectivity index (χ0) is 22.5.